The molecular formula is C16H16ClNO3. The third-order valence-corrected chi connectivity index (χ3v) is 3.00. The Morgan fingerprint density at radius 1 is 1.14 bits per heavy atom. The van der Waals surface area contributed by atoms with Gasteiger partial charge in [0.2, 0.25) is 5.91 Å². The van der Waals surface area contributed by atoms with E-state index in [0.29, 0.717) is 22.2 Å². The highest BCUT2D eigenvalue weighted by Gasteiger charge is 2.06. The molecule has 0 radical (unpaired) electrons. The molecule has 0 aliphatic heterocycles. The van der Waals surface area contributed by atoms with Gasteiger partial charge in [-0.15, -0.1) is 0 Å². The summed E-state index contributed by atoms with van der Waals surface area (Å²) in [5, 5.41) is 3.34. The first-order chi connectivity index (χ1) is 10.2. The lowest BCUT2D eigenvalue weighted by Crippen LogP contribution is -2.15. The Morgan fingerprint density at radius 3 is 2.62 bits per heavy atom. The highest BCUT2D eigenvalue weighted by molar-refractivity contribution is 6.30. The molecule has 0 atom stereocenters. The molecule has 0 heterocycles. The van der Waals surface area contributed by atoms with E-state index in [9.17, 15) is 4.79 Å². The van der Waals surface area contributed by atoms with Gasteiger partial charge in [0.15, 0.2) is 11.5 Å². The van der Waals surface area contributed by atoms with E-state index in [0.717, 1.165) is 0 Å². The van der Waals surface area contributed by atoms with Crippen LogP contribution >= 0.6 is 11.6 Å². The van der Waals surface area contributed by atoms with Crippen LogP contribution in [0.3, 0.4) is 0 Å². The number of nitrogens with one attached hydrogen (secondary N) is 1. The number of methoxy groups -OCH3 is 1. The molecule has 110 valence electrons. The van der Waals surface area contributed by atoms with Crippen LogP contribution < -0.4 is 14.8 Å². The van der Waals surface area contributed by atoms with Gasteiger partial charge in [-0.2, -0.15) is 0 Å². The molecule has 21 heavy (non-hydrogen) atoms. The SMILES string of the molecule is COc1ccccc1OCCC(=O)Nc1cccc(Cl)c1. The minimum Gasteiger partial charge on any atom is -0.493 e. The molecule has 0 unspecified atom stereocenters. The van der Waals surface area contributed by atoms with Crippen molar-refractivity contribution in [3.8, 4) is 11.5 Å². The smallest absolute Gasteiger partial charge is 0.227 e. The Morgan fingerprint density at radius 2 is 1.90 bits per heavy atom. The van der Waals surface area contributed by atoms with Gasteiger partial charge in [-0.3, -0.25) is 4.79 Å². The Labute approximate surface area is 128 Å². The maximum Gasteiger partial charge on any atom is 0.227 e. The molecule has 5 heteroatoms. The van der Waals surface area contributed by atoms with Crippen molar-refractivity contribution in [3.63, 3.8) is 0 Å². The first-order valence-electron chi connectivity index (χ1n) is 6.50. The number of carbonyl (C=O) groups excluding carboxylic acids is 1. The van der Waals surface area contributed by atoms with E-state index < -0.39 is 0 Å². The van der Waals surface area contributed by atoms with Crippen LogP contribution in [0.4, 0.5) is 5.69 Å². The van der Waals surface area contributed by atoms with Gasteiger partial charge >= 0.3 is 0 Å². The molecule has 0 aliphatic carbocycles. The van der Waals surface area contributed by atoms with Gasteiger partial charge in [-0.1, -0.05) is 29.8 Å². The maximum atomic E-state index is 11.8. The number of para-hydroxylation sites is 2. The summed E-state index contributed by atoms with van der Waals surface area (Å²) < 4.78 is 10.7. The molecule has 4 nitrogen and oxygen atoms in total. The number of rotatable bonds is 6. The third kappa shape index (κ3) is 4.68. The summed E-state index contributed by atoms with van der Waals surface area (Å²) in [4.78, 5) is 11.8. The van der Waals surface area contributed by atoms with Gasteiger partial charge in [0.05, 0.1) is 20.1 Å². The second-order valence-corrected chi connectivity index (χ2v) is 4.74. The maximum absolute atomic E-state index is 11.8. The highest BCUT2D eigenvalue weighted by Crippen LogP contribution is 2.25. The molecule has 0 spiro atoms. The number of hydrogen-bond donors (Lipinski definition) is 1. The van der Waals surface area contributed by atoms with Crippen LogP contribution in [0.2, 0.25) is 5.02 Å². The average molecular weight is 306 g/mol. The van der Waals surface area contributed by atoms with E-state index in [-0.39, 0.29) is 18.9 Å². The minimum absolute atomic E-state index is 0.132. The lowest BCUT2D eigenvalue weighted by atomic mass is 10.3. The second kappa shape index (κ2) is 7.55. The molecule has 2 aromatic rings. The molecule has 0 saturated heterocycles. The number of ether oxygens (including phenoxy) is 2. The number of hydrogen-bond acceptors (Lipinski definition) is 3. The Bertz CT molecular complexity index is 616. The molecule has 0 fully saturated rings. The topological polar surface area (TPSA) is 47.6 Å². The predicted octanol–water partition coefficient (Wildman–Crippen LogP) is 3.76. The Hall–Kier alpha value is -2.20. The van der Waals surface area contributed by atoms with E-state index in [1.54, 1.807) is 43.5 Å². The highest BCUT2D eigenvalue weighted by atomic mass is 35.5. The zero-order valence-electron chi connectivity index (χ0n) is 11.6. The van der Waals surface area contributed by atoms with Gasteiger partial charge in [-0.05, 0) is 30.3 Å². The second-order valence-electron chi connectivity index (χ2n) is 4.31. The monoisotopic (exact) mass is 305 g/mol. The molecule has 0 aliphatic rings. The van der Waals surface area contributed by atoms with Gasteiger partial charge < -0.3 is 14.8 Å². The first-order valence-corrected chi connectivity index (χ1v) is 6.88. The lowest BCUT2D eigenvalue weighted by molar-refractivity contribution is -0.116. The molecule has 0 saturated carbocycles. The quantitative estimate of drug-likeness (QED) is 0.884. The van der Waals surface area contributed by atoms with Crippen LogP contribution in [-0.4, -0.2) is 19.6 Å². The van der Waals surface area contributed by atoms with Gasteiger partial charge in [0.25, 0.3) is 0 Å². The molecule has 1 N–H and O–H groups in total. The van der Waals surface area contributed by atoms with Gasteiger partial charge in [0, 0.05) is 10.7 Å². The van der Waals surface area contributed by atoms with Crippen LogP contribution in [0, 0.1) is 0 Å². The summed E-state index contributed by atoms with van der Waals surface area (Å²) in [7, 11) is 1.58. The van der Waals surface area contributed by atoms with Gasteiger partial charge in [-0.25, -0.2) is 0 Å². The molecule has 0 aromatic heterocycles. The van der Waals surface area contributed by atoms with E-state index in [1.807, 2.05) is 12.1 Å². The number of halogens is 1. The largest absolute Gasteiger partial charge is 0.493 e. The molecule has 1 amide bonds. The number of amides is 1. The summed E-state index contributed by atoms with van der Waals surface area (Å²) in [6.07, 6.45) is 0.241. The van der Waals surface area contributed by atoms with Crippen LogP contribution in [0.5, 0.6) is 11.5 Å². The van der Waals surface area contributed by atoms with E-state index in [2.05, 4.69) is 5.32 Å². The molecule has 2 aromatic carbocycles. The molecule has 0 bridgehead atoms. The average Bonchev–Trinajstić information content (AvgIpc) is 2.47. The fourth-order valence-electron chi connectivity index (χ4n) is 1.78. The van der Waals surface area contributed by atoms with Crippen molar-refractivity contribution in [1.82, 2.24) is 0 Å². The van der Waals surface area contributed by atoms with Gasteiger partial charge in [0.1, 0.15) is 0 Å². The van der Waals surface area contributed by atoms with Crippen molar-refractivity contribution < 1.29 is 14.3 Å². The normalized spacial score (nSPS) is 10.0. The number of carbonyl (C=O) groups is 1. The standard InChI is InChI=1S/C16H16ClNO3/c1-20-14-7-2-3-8-15(14)21-10-9-16(19)18-13-6-4-5-12(17)11-13/h2-8,11H,9-10H2,1H3,(H,18,19). The summed E-state index contributed by atoms with van der Waals surface area (Å²) >= 11 is 5.86. The minimum atomic E-state index is -0.132. The Balaban J connectivity index is 1.82. The van der Waals surface area contributed by atoms with Crippen LogP contribution in [-0.2, 0) is 4.79 Å². The Kier molecular flexibility index (Phi) is 5.46. The summed E-state index contributed by atoms with van der Waals surface area (Å²) in [6.45, 7) is 0.271. The van der Waals surface area contributed by atoms with Crippen molar-refractivity contribution >= 4 is 23.2 Å². The van der Waals surface area contributed by atoms with E-state index in [1.165, 1.54) is 0 Å². The lowest BCUT2D eigenvalue weighted by Gasteiger charge is -2.10. The van der Waals surface area contributed by atoms with Crippen molar-refractivity contribution in [3.05, 3.63) is 53.6 Å². The zero-order valence-corrected chi connectivity index (χ0v) is 12.4. The van der Waals surface area contributed by atoms with Crippen molar-refractivity contribution in [2.45, 2.75) is 6.42 Å². The summed E-state index contributed by atoms with van der Waals surface area (Å²) in [5.41, 5.74) is 0.671. The van der Waals surface area contributed by atoms with Crippen molar-refractivity contribution in [1.29, 1.82) is 0 Å². The van der Waals surface area contributed by atoms with Crippen LogP contribution in [0.1, 0.15) is 6.42 Å². The van der Waals surface area contributed by atoms with Crippen LogP contribution in [0.15, 0.2) is 48.5 Å². The third-order valence-electron chi connectivity index (χ3n) is 2.76. The summed E-state index contributed by atoms with van der Waals surface area (Å²) in [5.74, 6) is 1.13. The molecular weight excluding hydrogens is 290 g/mol. The number of benzene rings is 2. The zero-order chi connectivity index (χ0) is 15.1. The fraction of sp³-hybridized carbons (Fsp3) is 0.188. The summed E-state index contributed by atoms with van der Waals surface area (Å²) in [6, 6.07) is 14.3. The molecule has 2 rings (SSSR count). The van der Waals surface area contributed by atoms with Crippen molar-refractivity contribution in [2.24, 2.45) is 0 Å². The van der Waals surface area contributed by atoms with Crippen LogP contribution in [0.25, 0.3) is 0 Å². The van der Waals surface area contributed by atoms with E-state index in [4.69, 9.17) is 21.1 Å². The number of anilines is 1. The predicted molar refractivity (Wildman–Crippen MR) is 83.2 cm³/mol. The van der Waals surface area contributed by atoms with E-state index >= 15 is 0 Å². The fourth-order valence-corrected chi connectivity index (χ4v) is 1.97. The van der Waals surface area contributed by atoms with Crippen molar-refractivity contribution in [2.75, 3.05) is 19.0 Å². The first kappa shape index (κ1) is 15.2.